The first-order chi connectivity index (χ1) is 16.7. The molecule has 2 aliphatic rings. The van der Waals surface area contributed by atoms with Gasteiger partial charge in [-0.05, 0) is 54.5 Å². The first-order valence-electron chi connectivity index (χ1n) is 11.0. The van der Waals surface area contributed by atoms with E-state index in [-0.39, 0.29) is 0 Å². The van der Waals surface area contributed by atoms with Gasteiger partial charge in [0.15, 0.2) is 0 Å². The van der Waals surface area contributed by atoms with Gasteiger partial charge < -0.3 is 24.8 Å². The van der Waals surface area contributed by atoms with Crippen molar-refractivity contribution >= 4 is 22.4 Å². The highest BCUT2D eigenvalue weighted by atomic mass is 16.6. The van der Waals surface area contributed by atoms with Crippen LogP contribution in [-0.2, 0) is 4.74 Å². The molecule has 2 aliphatic heterocycles. The highest BCUT2D eigenvalue weighted by Crippen LogP contribution is 2.28. The average molecular weight is 453 g/mol. The molecule has 7 heteroatoms. The van der Waals surface area contributed by atoms with Gasteiger partial charge in [0.25, 0.3) is 0 Å². The molecule has 7 nitrogen and oxygen atoms in total. The maximum atomic E-state index is 5.87. The summed E-state index contributed by atoms with van der Waals surface area (Å²) in [5, 5.41) is 7.41. The number of para-hydroxylation sites is 1. The molecule has 4 aromatic rings. The molecular formula is C27H24N4O3. The molecule has 0 amide bonds. The molecule has 3 heterocycles. The number of anilines is 2. The zero-order chi connectivity index (χ0) is 23.3. The lowest BCUT2D eigenvalue weighted by molar-refractivity contribution is 0.331. The van der Waals surface area contributed by atoms with Crippen molar-refractivity contribution in [3.05, 3.63) is 78.6 Å². The predicted octanol–water partition coefficient (Wildman–Crippen LogP) is 4.51. The molecule has 2 fully saturated rings. The highest BCUT2D eigenvalue weighted by molar-refractivity contribution is 5.91. The summed E-state index contributed by atoms with van der Waals surface area (Å²) in [5.74, 6) is 5.68. The van der Waals surface area contributed by atoms with E-state index in [1.165, 1.54) is 0 Å². The molecule has 0 spiro atoms. The maximum absolute atomic E-state index is 5.87. The Morgan fingerprint density at radius 2 is 1.71 bits per heavy atom. The summed E-state index contributed by atoms with van der Waals surface area (Å²) < 4.78 is 16.2. The molecule has 170 valence electrons. The molecule has 2 saturated heterocycles. The van der Waals surface area contributed by atoms with E-state index >= 15 is 0 Å². The van der Waals surface area contributed by atoms with Crippen molar-refractivity contribution in [1.29, 1.82) is 0 Å². The minimum atomic E-state index is 0.346. The number of nitrogens with zero attached hydrogens (tertiary/aromatic N) is 2. The zero-order valence-corrected chi connectivity index (χ0v) is 18.7. The summed E-state index contributed by atoms with van der Waals surface area (Å²) in [5.41, 5.74) is 1.66. The van der Waals surface area contributed by atoms with Gasteiger partial charge in [-0.3, -0.25) is 0 Å². The summed E-state index contributed by atoms with van der Waals surface area (Å²) >= 11 is 0. The van der Waals surface area contributed by atoms with E-state index in [2.05, 4.69) is 26.5 Å². The maximum Gasteiger partial charge on any atom is 0.207 e. The van der Waals surface area contributed by atoms with Crippen LogP contribution in [0.5, 0.6) is 17.2 Å². The summed E-state index contributed by atoms with van der Waals surface area (Å²) in [7, 11) is 1.63. The number of rotatable bonds is 5. The van der Waals surface area contributed by atoms with Crippen molar-refractivity contribution < 1.29 is 14.2 Å². The molecule has 0 saturated carbocycles. The Kier molecular flexibility index (Phi) is 6.25. The van der Waals surface area contributed by atoms with Crippen molar-refractivity contribution in [2.45, 2.75) is 12.2 Å². The molecule has 0 radical (unpaired) electrons. The Morgan fingerprint density at radius 1 is 0.941 bits per heavy atom. The van der Waals surface area contributed by atoms with Gasteiger partial charge in [0.2, 0.25) is 5.82 Å². The largest absolute Gasteiger partial charge is 0.497 e. The standard InChI is InChI=1S/C23H17N3O2.C4H7NO/c1-3-22-25-21-10-5-4-9-20(21)23(26-22)24-16-11-13-17(14-12-16)28-19-8-6-7-18(15-19)27-2;1-3-4(6-3)2-5-1/h1,4-15H,2H3,(H,24,25,26);3-5H,1-2H2. The van der Waals surface area contributed by atoms with E-state index < -0.39 is 0 Å². The second-order valence-electron chi connectivity index (χ2n) is 7.86. The Morgan fingerprint density at radius 3 is 2.38 bits per heavy atom. The first kappa shape index (κ1) is 21.7. The fourth-order valence-corrected chi connectivity index (χ4v) is 3.69. The number of aromatic nitrogens is 2. The molecule has 2 atom stereocenters. The summed E-state index contributed by atoms with van der Waals surface area (Å²) in [4.78, 5) is 8.77. The van der Waals surface area contributed by atoms with E-state index in [9.17, 15) is 0 Å². The van der Waals surface area contributed by atoms with Crippen LogP contribution in [0.4, 0.5) is 11.5 Å². The Labute approximate surface area is 198 Å². The molecule has 2 N–H and O–H groups in total. The van der Waals surface area contributed by atoms with Gasteiger partial charge in [0, 0.05) is 30.2 Å². The quantitative estimate of drug-likeness (QED) is 0.341. The monoisotopic (exact) mass is 452 g/mol. The molecule has 1 aromatic heterocycles. The van der Waals surface area contributed by atoms with E-state index in [1.54, 1.807) is 7.11 Å². The molecule has 34 heavy (non-hydrogen) atoms. The number of methoxy groups -OCH3 is 1. The van der Waals surface area contributed by atoms with Crippen LogP contribution in [0.15, 0.2) is 72.8 Å². The van der Waals surface area contributed by atoms with Gasteiger partial charge in [-0.25, -0.2) is 9.97 Å². The number of fused-ring (bicyclic) bond motifs is 2. The van der Waals surface area contributed by atoms with Crippen LogP contribution in [0.2, 0.25) is 0 Å². The van der Waals surface area contributed by atoms with Crippen LogP contribution in [0.3, 0.4) is 0 Å². The normalized spacial score (nSPS) is 17.6. The molecule has 0 aliphatic carbocycles. The van der Waals surface area contributed by atoms with Crippen LogP contribution in [-0.4, -0.2) is 42.4 Å². The first-order valence-corrected chi connectivity index (χ1v) is 11.0. The zero-order valence-electron chi connectivity index (χ0n) is 18.7. The number of terminal acetylenes is 1. The van der Waals surface area contributed by atoms with Gasteiger partial charge in [0.05, 0.1) is 24.8 Å². The van der Waals surface area contributed by atoms with E-state index in [4.69, 9.17) is 20.6 Å². The summed E-state index contributed by atoms with van der Waals surface area (Å²) in [6.07, 6.45) is 6.69. The second kappa shape index (κ2) is 9.79. The fraction of sp³-hybridized carbons (Fsp3) is 0.185. The lowest BCUT2D eigenvalue weighted by Crippen LogP contribution is -2.13. The summed E-state index contributed by atoms with van der Waals surface area (Å²) in [6.45, 7) is 2.18. The smallest absolute Gasteiger partial charge is 0.207 e. The topological polar surface area (TPSA) is 80.8 Å². The van der Waals surface area contributed by atoms with Crippen LogP contribution >= 0.6 is 0 Å². The number of hydrogen-bond donors (Lipinski definition) is 2. The molecule has 0 bridgehead atoms. The van der Waals surface area contributed by atoms with Gasteiger partial charge in [-0.1, -0.05) is 18.2 Å². The third-order valence-electron chi connectivity index (χ3n) is 5.50. The van der Waals surface area contributed by atoms with Crippen molar-refractivity contribution in [1.82, 2.24) is 15.3 Å². The molecular weight excluding hydrogens is 428 g/mol. The fourth-order valence-electron chi connectivity index (χ4n) is 3.69. The number of ether oxygens (including phenoxy) is 3. The molecule has 3 aromatic carbocycles. The van der Waals surface area contributed by atoms with E-state index in [1.807, 2.05) is 72.8 Å². The minimum Gasteiger partial charge on any atom is -0.497 e. The lowest BCUT2D eigenvalue weighted by atomic mass is 10.2. The van der Waals surface area contributed by atoms with E-state index in [0.29, 0.717) is 29.6 Å². The number of benzene rings is 3. The van der Waals surface area contributed by atoms with E-state index in [0.717, 1.165) is 41.2 Å². The second-order valence-corrected chi connectivity index (χ2v) is 7.86. The van der Waals surface area contributed by atoms with Crippen LogP contribution in [0.25, 0.3) is 10.9 Å². The Bertz CT molecular complexity index is 1330. The number of nitrogens with one attached hydrogen (secondary N) is 2. The van der Waals surface area contributed by atoms with Crippen molar-refractivity contribution in [2.24, 2.45) is 0 Å². The number of morpholine rings is 1. The van der Waals surface area contributed by atoms with Crippen LogP contribution in [0.1, 0.15) is 5.82 Å². The molecule has 6 rings (SSSR count). The van der Waals surface area contributed by atoms with Crippen molar-refractivity contribution in [2.75, 3.05) is 25.5 Å². The average Bonchev–Trinajstić information content (AvgIpc) is 3.49. The highest BCUT2D eigenvalue weighted by Gasteiger charge is 2.42. The Hall–Kier alpha value is -4.12. The number of epoxide rings is 1. The lowest BCUT2D eigenvalue weighted by Gasteiger charge is -2.11. The van der Waals surface area contributed by atoms with Crippen molar-refractivity contribution in [3.8, 4) is 29.6 Å². The summed E-state index contributed by atoms with van der Waals surface area (Å²) in [6, 6.07) is 22.8. The Balaban J connectivity index is 0.000000343. The van der Waals surface area contributed by atoms with Crippen molar-refractivity contribution in [3.63, 3.8) is 0 Å². The predicted molar refractivity (Wildman–Crippen MR) is 132 cm³/mol. The van der Waals surface area contributed by atoms with Gasteiger partial charge in [0.1, 0.15) is 23.1 Å². The molecule has 2 unspecified atom stereocenters. The number of hydrogen-bond acceptors (Lipinski definition) is 7. The van der Waals surface area contributed by atoms with Crippen LogP contribution in [0, 0.1) is 12.3 Å². The van der Waals surface area contributed by atoms with Gasteiger partial charge >= 0.3 is 0 Å². The third-order valence-corrected chi connectivity index (χ3v) is 5.50. The SMILES string of the molecule is C#Cc1nc(Nc2ccc(Oc3cccc(OC)c3)cc2)c2ccccc2n1.C1NCC2OC12. The third kappa shape index (κ3) is 5.09. The van der Waals surface area contributed by atoms with Gasteiger partial charge in [-0.2, -0.15) is 0 Å². The van der Waals surface area contributed by atoms with Crippen LogP contribution < -0.4 is 20.1 Å². The minimum absolute atomic E-state index is 0.346. The van der Waals surface area contributed by atoms with Gasteiger partial charge in [-0.15, -0.1) is 6.42 Å².